The van der Waals surface area contributed by atoms with E-state index in [9.17, 15) is 27.9 Å². The Morgan fingerprint density at radius 3 is 2.24 bits per heavy atom. The van der Waals surface area contributed by atoms with Gasteiger partial charge in [-0.15, -0.1) is 0 Å². The van der Waals surface area contributed by atoms with E-state index in [0.717, 1.165) is 23.1 Å². The van der Waals surface area contributed by atoms with Crippen LogP contribution in [-0.2, 0) is 37.5 Å². The molecule has 1 aliphatic rings. The lowest BCUT2D eigenvalue weighted by atomic mass is 9.95. The lowest BCUT2D eigenvalue weighted by Crippen LogP contribution is -2.41. The SMILES string of the molecule is CC1C(N(Cc2ccccc2)Cc2ccc(Oc3cccc(OCCCC(=O)N[C@@H](CCC(=O)O)C(=O)O)c3)cc2)=CC=C/C1=N\S(C)(=O)=O. The Bertz CT molecular complexity index is 1840. The maximum absolute atomic E-state index is 12.2. The van der Waals surface area contributed by atoms with Crippen molar-refractivity contribution in [3.05, 3.63) is 114 Å². The van der Waals surface area contributed by atoms with Gasteiger partial charge >= 0.3 is 11.9 Å². The van der Waals surface area contributed by atoms with Gasteiger partial charge in [0, 0.05) is 43.6 Å². The van der Waals surface area contributed by atoms with Crippen molar-refractivity contribution in [1.29, 1.82) is 0 Å². The molecule has 3 N–H and O–H groups in total. The molecule has 0 saturated carbocycles. The van der Waals surface area contributed by atoms with Gasteiger partial charge in [0.2, 0.25) is 15.9 Å². The summed E-state index contributed by atoms with van der Waals surface area (Å²) < 4.78 is 39.7. The molecule has 4 rings (SSSR count). The predicted octanol–water partition coefficient (Wildman–Crippen LogP) is 5.56. The van der Waals surface area contributed by atoms with Gasteiger partial charge in [-0.25, -0.2) is 13.2 Å². The zero-order valence-corrected chi connectivity index (χ0v) is 28.7. The fourth-order valence-corrected chi connectivity index (χ4v) is 5.87. The normalized spacial score (nSPS) is 15.5. The topological polar surface area (TPSA) is 172 Å². The summed E-state index contributed by atoms with van der Waals surface area (Å²) in [4.78, 5) is 36.4. The third kappa shape index (κ3) is 12.2. The van der Waals surface area contributed by atoms with E-state index in [4.69, 9.17) is 14.6 Å². The van der Waals surface area contributed by atoms with Gasteiger partial charge in [-0.3, -0.25) is 9.59 Å². The van der Waals surface area contributed by atoms with Crippen molar-refractivity contribution in [2.24, 2.45) is 10.3 Å². The molecule has 264 valence electrons. The Morgan fingerprint density at radius 2 is 1.58 bits per heavy atom. The Labute approximate surface area is 291 Å². The van der Waals surface area contributed by atoms with E-state index in [0.29, 0.717) is 42.5 Å². The van der Waals surface area contributed by atoms with Crippen molar-refractivity contribution in [3.63, 3.8) is 0 Å². The molecule has 0 saturated heterocycles. The second-order valence-corrected chi connectivity index (χ2v) is 13.5. The number of ether oxygens (including phenoxy) is 2. The number of nitrogens with one attached hydrogen (secondary N) is 1. The van der Waals surface area contributed by atoms with Crippen molar-refractivity contribution >= 4 is 33.6 Å². The first kappa shape index (κ1) is 37.4. The zero-order chi connectivity index (χ0) is 36.1. The molecule has 0 fully saturated rings. The number of nitrogens with zero attached hydrogens (tertiary/aromatic N) is 2. The van der Waals surface area contributed by atoms with E-state index in [-0.39, 0.29) is 31.8 Å². The minimum atomic E-state index is -3.55. The molecular weight excluding hydrogens is 662 g/mol. The van der Waals surface area contributed by atoms with Crippen LogP contribution >= 0.6 is 0 Å². The predicted molar refractivity (Wildman–Crippen MR) is 188 cm³/mol. The summed E-state index contributed by atoms with van der Waals surface area (Å²) in [5.74, 6) is -1.45. The molecule has 0 bridgehead atoms. The van der Waals surface area contributed by atoms with Crippen molar-refractivity contribution in [1.82, 2.24) is 10.2 Å². The summed E-state index contributed by atoms with van der Waals surface area (Å²) in [5, 5.41) is 20.3. The average Bonchev–Trinajstić information content (AvgIpc) is 3.06. The molecule has 0 radical (unpaired) electrons. The van der Waals surface area contributed by atoms with Gasteiger partial charge in [-0.1, -0.05) is 61.5 Å². The highest BCUT2D eigenvalue weighted by atomic mass is 32.2. The minimum absolute atomic E-state index is 0.0183. The molecule has 3 aromatic rings. The van der Waals surface area contributed by atoms with Crippen LogP contribution in [0.4, 0.5) is 0 Å². The van der Waals surface area contributed by atoms with E-state index >= 15 is 0 Å². The van der Waals surface area contributed by atoms with Gasteiger partial charge < -0.3 is 29.9 Å². The highest BCUT2D eigenvalue weighted by Crippen LogP contribution is 2.29. The van der Waals surface area contributed by atoms with Crippen molar-refractivity contribution in [3.8, 4) is 17.2 Å². The number of carboxylic acid groups (broad SMARTS) is 2. The maximum atomic E-state index is 12.2. The van der Waals surface area contributed by atoms with Gasteiger partial charge in [-0.05, 0) is 60.4 Å². The summed E-state index contributed by atoms with van der Waals surface area (Å²) in [5.41, 5.74) is 3.58. The summed E-state index contributed by atoms with van der Waals surface area (Å²) in [6.07, 6.45) is 6.42. The van der Waals surface area contributed by atoms with Crippen LogP contribution in [0.5, 0.6) is 17.2 Å². The minimum Gasteiger partial charge on any atom is -0.493 e. The number of carboxylic acids is 2. The fraction of sp³-hybridized carbons (Fsp3) is 0.297. The number of carbonyl (C=O) groups is 3. The quantitative estimate of drug-likeness (QED) is 0.142. The molecule has 12 nitrogen and oxygen atoms in total. The van der Waals surface area contributed by atoms with E-state index in [2.05, 4.69) is 26.7 Å². The Balaban J connectivity index is 1.34. The van der Waals surface area contributed by atoms with Crippen LogP contribution in [0.25, 0.3) is 0 Å². The van der Waals surface area contributed by atoms with Crippen LogP contribution in [0.1, 0.15) is 43.7 Å². The number of sulfonamides is 1. The zero-order valence-electron chi connectivity index (χ0n) is 27.9. The fourth-order valence-electron chi connectivity index (χ4n) is 5.27. The van der Waals surface area contributed by atoms with Crippen LogP contribution in [0.2, 0.25) is 0 Å². The summed E-state index contributed by atoms with van der Waals surface area (Å²) >= 11 is 0. The van der Waals surface area contributed by atoms with Gasteiger partial charge in [-0.2, -0.15) is 4.40 Å². The molecule has 1 aliphatic carbocycles. The number of allylic oxidation sites excluding steroid dienone is 4. The molecule has 1 unspecified atom stereocenters. The van der Waals surface area contributed by atoms with Crippen molar-refractivity contribution < 1.29 is 42.5 Å². The van der Waals surface area contributed by atoms with Crippen LogP contribution in [0, 0.1) is 5.92 Å². The van der Waals surface area contributed by atoms with Gasteiger partial charge in [0.15, 0.2) is 0 Å². The average molecular weight is 704 g/mol. The smallest absolute Gasteiger partial charge is 0.326 e. The first-order valence-corrected chi connectivity index (χ1v) is 17.9. The summed E-state index contributed by atoms with van der Waals surface area (Å²) in [6.45, 7) is 3.32. The first-order chi connectivity index (χ1) is 23.9. The Hall–Kier alpha value is -5.43. The standard InChI is InChI=1S/C37H41N3O9S/c1-26-32(39-50(2,46)47)13-7-14-34(26)40(24-27-9-4-3-5-10-27)25-28-16-18-29(19-17-28)49-31-12-6-11-30(23-31)48-22-8-15-35(41)38-33(37(44)45)20-21-36(42)43/h3-7,9-14,16-19,23,26,33H,8,15,20-22,24-25H2,1-2H3,(H,38,41)(H,42,43)(H,44,45)/b39-32+/t26?,33-/m0/s1. The van der Waals surface area contributed by atoms with Crippen LogP contribution in [-0.4, -0.2) is 66.0 Å². The molecule has 0 spiro atoms. The van der Waals surface area contributed by atoms with E-state index in [1.54, 1.807) is 30.3 Å². The van der Waals surface area contributed by atoms with Crippen molar-refractivity contribution in [2.45, 2.75) is 51.7 Å². The lowest BCUT2D eigenvalue weighted by molar-refractivity contribution is -0.143. The number of hydrogen-bond acceptors (Lipinski definition) is 8. The molecule has 0 heterocycles. The lowest BCUT2D eigenvalue weighted by Gasteiger charge is -2.33. The second kappa shape index (κ2) is 17.8. The molecule has 50 heavy (non-hydrogen) atoms. The first-order valence-electron chi connectivity index (χ1n) is 16.1. The van der Waals surface area contributed by atoms with E-state index < -0.39 is 33.9 Å². The summed E-state index contributed by atoms with van der Waals surface area (Å²) in [7, 11) is -3.55. The number of benzene rings is 3. The van der Waals surface area contributed by atoms with Crippen molar-refractivity contribution in [2.75, 3.05) is 12.9 Å². The largest absolute Gasteiger partial charge is 0.493 e. The molecule has 3 aromatic carbocycles. The van der Waals surface area contributed by atoms with Crippen LogP contribution in [0.15, 0.2) is 107 Å². The number of amides is 1. The molecular formula is C37H41N3O9S. The molecule has 13 heteroatoms. The van der Waals surface area contributed by atoms with Crippen LogP contribution < -0.4 is 14.8 Å². The number of aliphatic carboxylic acids is 2. The Morgan fingerprint density at radius 1 is 0.900 bits per heavy atom. The number of rotatable bonds is 18. The van der Waals surface area contributed by atoms with Crippen LogP contribution in [0.3, 0.4) is 0 Å². The van der Waals surface area contributed by atoms with Gasteiger partial charge in [0.05, 0.1) is 18.6 Å². The number of hydrogen-bond donors (Lipinski definition) is 3. The number of carbonyl (C=O) groups excluding carboxylic acids is 1. The molecule has 1 amide bonds. The molecule has 0 aliphatic heterocycles. The molecule has 0 aromatic heterocycles. The van der Waals surface area contributed by atoms with E-state index in [1.165, 1.54) is 0 Å². The third-order valence-corrected chi connectivity index (χ3v) is 8.25. The van der Waals surface area contributed by atoms with E-state index in [1.807, 2.05) is 61.5 Å². The highest BCUT2D eigenvalue weighted by molar-refractivity contribution is 7.89. The molecule has 2 atom stereocenters. The van der Waals surface area contributed by atoms with Gasteiger partial charge in [0.25, 0.3) is 0 Å². The Kier molecular flexibility index (Phi) is 13.3. The second-order valence-electron chi connectivity index (χ2n) is 11.8. The maximum Gasteiger partial charge on any atom is 0.326 e. The highest BCUT2D eigenvalue weighted by Gasteiger charge is 2.24. The monoisotopic (exact) mass is 703 g/mol. The third-order valence-electron chi connectivity index (χ3n) is 7.71. The van der Waals surface area contributed by atoms with Gasteiger partial charge in [0.1, 0.15) is 23.3 Å². The summed E-state index contributed by atoms with van der Waals surface area (Å²) in [6, 6.07) is 23.5.